The number of nitrogens with zero attached hydrogens (tertiary/aromatic N) is 2. The van der Waals surface area contributed by atoms with E-state index in [1.54, 1.807) is 19.0 Å². The van der Waals surface area contributed by atoms with Crippen molar-refractivity contribution in [1.29, 1.82) is 0 Å². The van der Waals surface area contributed by atoms with Crippen LogP contribution in [0, 0.1) is 17.7 Å². The van der Waals surface area contributed by atoms with Gasteiger partial charge in [0, 0.05) is 42.2 Å². The lowest BCUT2D eigenvalue weighted by Gasteiger charge is -2.53. The van der Waals surface area contributed by atoms with Crippen molar-refractivity contribution in [1.82, 2.24) is 9.80 Å². The molecule has 0 spiro atoms. The number of Topliss-reactive ketones (excluding diaryl/α,β-unsaturated/α-hetero) is 1. The summed E-state index contributed by atoms with van der Waals surface area (Å²) in [5, 5.41) is 33.7. The van der Waals surface area contributed by atoms with E-state index in [4.69, 9.17) is 10.5 Å². The molecule has 1 aromatic rings. The minimum Gasteiger partial charge on any atom is -0.510 e. The Balaban J connectivity index is 1.63. The third kappa shape index (κ3) is 4.06. The minimum absolute atomic E-state index is 0.0508. The lowest BCUT2D eigenvalue weighted by molar-refractivity contribution is -0.121. The highest BCUT2D eigenvalue weighted by atomic mass is 19.1. The number of halogens is 1. The van der Waals surface area contributed by atoms with Crippen LogP contribution in [0.15, 0.2) is 28.7 Å². The number of piperidine rings is 1. The van der Waals surface area contributed by atoms with Gasteiger partial charge in [0.2, 0.25) is 5.91 Å². The molecule has 10 heteroatoms. The summed E-state index contributed by atoms with van der Waals surface area (Å²) in [5.74, 6) is -3.98. The average molecular weight is 544 g/mol. The van der Waals surface area contributed by atoms with E-state index in [2.05, 4.69) is 4.90 Å². The van der Waals surface area contributed by atoms with E-state index < -0.39 is 41.0 Å². The van der Waals surface area contributed by atoms with Gasteiger partial charge in [0.05, 0.1) is 17.2 Å². The Morgan fingerprint density at radius 2 is 1.90 bits per heavy atom. The van der Waals surface area contributed by atoms with Crippen molar-refractivity contribution in [2.45, 2.75) is 63.1 Å². The predicted octanol–water partition coefficient (Wildman–Crippen LogP) is 3.28. The van der Waals surface area contributed by atoms with E-state index in [9.17, 15) is 24.9 Å². The Morgan fingerprint density at radius 3 is 2.49 bits per heavy atom. The topological polar surface area (TPSA) is 137 Å². The molecule has 1 aromatic carbocycles. The molecular weight excluding hydrogens is 505 g/mol. The number of rotatable bonds is 5. The second-order valence-corrected chi connectivity index (χ2v) is 11.7. The van der Waals surface area contributed by atoms with Crippen molar-refractivity contribution in [3.8, 4) is 5.75 Å². The molecule has 5 N–H and O–H groups in total. The number of amides is 1. The molecule has 1 heterocycles. The maximum absolute atomic E-state index is 16.2. The van der Waals surface area contributed by atoms with Crippen LogP contribution in [0.3, 0.4) is 0 Å². The molecule has 1 amide bonds. The van der Waals surface area contributed by atoms with Crippen molar-refractivity contribution < 1.29 is 34.0 Å². The molecule has 3 aliphatic carbocycles. The number of methoxy groups -OCH3 is 1. The molecule has 5 atom stereocenters. The number of aromatic hydroxyl groups is 1. The quantitative estimate of drug-likeness (QED) is 0.444. The minimum atomic E-state index is -1.50. The van der Waals surface area contributed by atoms with Crippen molar-refractivity contribution in [2.24, 2.45) is 17.6 Å². The fraction of sp³-hybridized carbons (Fsp3) is 0.586. The van der Waals surface area contributed by atoms with Crippen LogP contribution in [0.2, 0.25) is 0 Å². The van der Waals surface area contributed by atoms with Crippen LogP contribution in [0.1, 0.15) is 66.6 Å². The zero-order valence-corrected chi connectivity index (χ0v) is 23.0. The van der Waals surface area contributed by atoms with Gasteiger partial charge < -0.3 is 25.8 Å². The zero-order chi connectivity index (χ0) is 28.4. The van der Waals surface area contributed by atoms with Crippen LogP contribution in [-0.4, -0.2) is 82.7 Å². The molecule has 212 valence electrons. The maximum Gasteiger partial charge on any atom is 0.248 e. The number of fused-ring (bicyclic) bond motifs is 3. The number of ketones is 1. The summed E-state index contributed by atoms with van der Waals surface area (Å²) in [6.45, 7) is 3.61. The first-order chi connectivity index (χ1) is 18.4. The Kier molecular flexibility index (Phi) is 7.01. The van der Waals surface area contributed by atoms with Gasteiger partial charge in [0.1, 0.15) is 28.7 Å². The van der Waals surface area contributed by atoms with E-state index in [0.717, 1.165) is 32.4 Å². The largest absolute Gasteiger partial charge is 0.510 e. The number of aliphatic hydroxyl groups excluding tert-OH is 2. The highest BCUT2D eigenvalue weighted by Crippen LogP contribution is 2.55. The molecule has 1 aliphatic heterocycles. The van der Waals surface area contributed by atoms with Gasteiger partial charge in [-0.1, -0.05) is 6.42 Å². The van der Waals surface area contributed by atoms with Gasteiger partial charge in [0.25, 0.3) is 0 Å². The van der Waals surface area contributed by atoms with E-state index in [-0.39, 0.29) is 64.8 Å². The third-order valence-electron chi connectivity index (χ3n) is 9.51. The summed E-state index contributed by atoms with van der Waals surface area (Å²) in [6, 6.07) is 0.348. The van der Waals surface area contributed by atoms with Gasteiger partial charge in [-0.05, 0) is 71.8 Å². The highest BCUT2D eigenvalue weighted by Gasteiger charge is 2.59. The molecule has 9 nitrogen and oxygen atoms in total. The Labute approximate surface area is 227 Å². The predicted molar refractivity (Wildman–Crippen MR) is 142 cm³/mol. The number of hydrogen-bond acceptors (Lipinski definition) is 8. The van der Waals surface area contributed by atoms with Crippen LogP contribution < -0.4 is 5.73 Å². The Morgan fingerprint density at radius 1 is 1.23 bits per heavy atom. The number of phenolic OH excluding ortho intramolecular Hbond substituents is 1. The molecule has 39 heavy (non-hydrogen) atoms. The normalized spacial score (nSPS) is 30.2. The van der Waals surface area contributed by atoms with Crippen molar-refractivity contribution in [2.75, 3.05) is 34.3 Å². The standard InChI is InChI=1S/C29H38FN3O6/c1-14(33-8-6-5-7-9-33)16-12-20(34)22-17(23(16)30)10-15-11-19-24(32(2)3)25(35)18(28(31)38)13-29(19,39-4)27(37)21(15)26(22)36/h12,14-15,19,24,34-35,37H,5-11,13H2,1-4H3,(H2,31,38)/t14?,15-,19-,24-,29-/m0/s1. The average Bonchev–Trinajstić information content (AvgIpc) is 2.90. The SMILES string of the molecule is CO[C@@]12CC(C(N)=O)=C(O)[C@@H](N(C)C)[C@@H]1C[C@@H]1Cc3c(F)c(C(C)N4CCCCC4)cc(O)c3C(=O)C1=C2O. The number of ether oxygens (including phenoxy) is 1. The van der Waals surface area contributed by atoms with Gasteiger partial charge in [0.15, 0.2) is 5.78 Å². The first kappa shape index (κ1) is 27.6. The maximum atomic E-state index is 16.2. The molecule has 4 aliphatic rings. The lowest BCUT2D eigenvalue weighted by atomic mass is 9.59. The summed E-state index contributed by atoms with van der Waals surface area (Å²) in [7, 11) is 4.84. The van der Waals surface area contributed by atoms with Crippen molar-refractivity contribution in [3.05, 3.63) is 51.2 Å². The smallest absolute Gasteiger partial charge is 0.248 e. The van der Waals surface area contributed by atoms with Crippen LogP contribution in [0.4, 0.5) is 4.39 Å². The number of aliphatic hydroxyl groups is 2. The van der Waals surface area contributed by atoms with Crippen LogP contribution >= 0.6 is 0 Å². The first-order valence-corrected chi connectivity index (χ1v) is 13.6. The fourth-order valence-electron chi connectivity index (χ4n) is 7.50. The molecule has 0 radical (unpaired) electrons. The van der Waals surface area contributed by atoms with Gasteiger partial charge in [-0.25, -0.2) is 4.39 Å². The summed E-state index contributed by atoms with van der Waals surface area (Å²) in [6.07, 6.45) is 3.37. The number of primary amides is 1. The van der Waals surface area contributed by atoms with E-state index in [0.29, 0.717) is 5.56 Å². The number of allylic oxidation sites excluding steroid dienone is 1. The second kappa shape index (κ2) is 9.91. The molecular formula is C29H38FN3O6. The van der Waals surface area contributed by atoms with E-state index in [1.165, 1.54) is 13.2 Å². The Hall–Kier alpha value is -2.95. The number of hydrogen-bond donors (Lipinski definition) is 4. The number of likely N-dealkylation sites (tertiary alicyclic amines) is 1. The van der Waals surface area contributed by atoms with Crippen molar-refractivity contribution in [3.63, 3.8) is 0 Å². The van der Waals surface area contributed by atoms with Gasteiger partial charge in [-0.3, -0.25) is 19.4 Å². The molecule has 1 fully saturated rings. The number of carbonyl (C=O) groups excluding carboxylic acids is 2. The summed E-state index contributed by atoms with van der Waals surface area (Å²) >= 11 is 0. The van der Waals surface area contributed by atoms with Crippen molar-refractivity contribution >= 4 is 11.7 Å². The molecule has 5 rings (SSSR count). The summed E-state index contributed by atoms with van der Waals surface area (Å²) in [5.41, 5.74) is 4.42. The van der Waals surface area contributed by atoms with Crippen LogP contribution in [0.5, 0.6) is 5.75 Å². The number of phenols is 1. The van der Waals surface area contributed by atoms with E-state index in [1.807, 2.05) is 6.92 Å². The fourth-order valence-corrected chi connectivity index (χ4v) is 7.50. The monoisotopic (exact) mass is 543 g/mol. The third-order valence-corrected chi connectivity index (χ3v) is 9.51. The number of nitrogens with two attached hydrogens (primary N) is 1. The first-order valence-electron chi connectivity index (χ1n) is 13.6. The van der Waals surface area contributed by atoms with Gasteiger partial charge in [-0.15, -0.1) is 0 Å². The molecule has 1 unspecified atom stereocenters. The molecule has 0 saturated carbocycles. The van der Waals surface area contributed by atoms with Crippen LogP contribution in [0.25, 0.3) is 0 Å². The zero-order valence-electron chi connectivity index (χ0n) is 23.0. The number of carbonyl (C=O) groups is 2. The van der Waals surface area contributed by atoms with Gasteiger partial charge in [-0.2, -0.15) is 0 Å². The van der Waals surface area contributed by atoms with Gasteiger partial charge >= 0.3 is 0 Å². The number of likely N-dealkylation sites (N-methyl/N-ethyl adjacent to an activating group) is 1. The molecule has 0 aromatic heterocycles. The second-order valence-electron chi connectivity index (χ2n) is 11.7. The summed E-state index contributed by atoms with van der Waals surface area (Å²) < 4.78 is 22.0. The Bertz CT molecular complexity index is 1280. The molecule has 0 bridgehead atoms. The lowest BCUT2D eigenvalue weighted by Crippen LogP contribution is -2.60. The highest BCUT2D eigenvalue weighted by molar-refractivity contribution is 6.13. The summed E-state index contributed by atoms with van der Waals surface area (Å²) in [4.78, 5) is 30.0. The number of benzene rings is 1. The van der Waals surface area contributed by atoms with E-state index >= 15 is 4.39 Å². The van der Waals surface area contributed by atoms with Crippen LogP contribution in [-0.2, 0) is 16.0 Å². The molecule has 1 saturated heterocycles.